The van der Waals surface area contributed by atoms with Crippen LogP contribution in [0.15, 0.2) is 48.5 Å². The molecule has 2 aliphatic heterocycles. The molecule has 2 atom stereocenters. The highest BCUT2D eigenvalue weighted by molar-refractivity contribution is 6.07. The predicted molar refractivity (Wildman–Crippen MR) is 127 cm³/mol. The zero-order chi connectivity index (χ0) is 23.7. The van der Waals surface area contributed by atoms with Crippen molar-refractivity contribution in [1.82, 2.24) is 15.1 Å². The minimum atomic E-state index is -0.678. The Kier molecular flexibility index (Phi) is 6.27. The molecule has 1 saturated carbocycles. The summed E-state index contributed by atoms with van der Waals surface area (Å²) >= 11 is 0. The third-order valence-corrected chi connectivity index (χ3v) is 7.31. The molecule has 1 saturated heterocycles. The van der Waals surface area contributed by atoms with Crippen LogP contribution in [-0.2, 0) is 9.59 Å². The molecule has 8 heteroatoms. The molecule has 2 amide bonds. The average Bonchev–Trinajstić information content (AvgIpc) is 3.59. The van der Waals surface area contributed by atoms with Crippen molar-refractivity contribution in [2.24, 2.45) is 5.41 Å². The van der Waals surface area contributed by atoms with Crippen LogP contribution in [0.2, 0.25) is 0 Å². The number of likely N-dealkylation sites (N-methyl/N-ethyl adjacent to an activating group) is 1. The maximum absolute atomic E-state index is 13.6. The maximum Gasteiger partial charge on any atom is 0.240 e. The minimum Gasteiger partial charge on any atom is -0.492 e. The molecule has 2 aromatic rings. The predicted octanol–water partition coefficient (Wildman–Crippen LogP) is 2.09. The van der Waals surface area contributed by atoms with Gasteiger partial charge in [-0.2, -0.15) is 0 Å². The molecule has 0 spiro atoms. The number of piperazine rings is 1. The van der Waals surface area contributed by atoms with Crippen LogP contribution in [-0.4, -0.2) is 81.1 Å². The molecule has 1 aliphatic carbocycles. The molecule has 1 N–H and O–H groups in total. The summed E-state index contributed by atoms with van der Waals surface area (Å²) in [5.41, 5.74) is 1.21. The number of amides is 2. The van der Waals surface area contributed by atoms with Crippen molar-refractivity contribution in [3.8, 4) is 5.75 Å². The van der Waals surface area contributed by atoms with Crippen LogP contribution in [0.1, 0.15) is 17.9 Å². The first-order chi connectivity index (χ1) is 16.5. The Morgan fingerprint density at radius 3 is 2.62 bits per heavy atom. The van der Waals surface area contributed by atoms with E-state index in [9.17, 15) is 14.0 Å². The molecule has 3 aliphatic rings. The van der Waals surface area contributed by atoms with Gasteiger partial charge in [0.15, 0.2) is 0 Å². The molecule has 0 aromatic heterocycles. The lowest BCUT2D eigenvalue weighted by Crippen LogP contribution is -2.50. The van der Waals surface area contributed by atoms with Crippen LogP contribution in [0.25, 0.3) is 0 Å². The standard InChI is InChI=1S/C26H31FN4O3/c1-29-12-14-30(15-13-29)11-10-28-24(32)17-31-23-5-3-2-4-21(23)22-16-26(22,25(31)33)18-34-20-8-6-19(27)7-9-20/h2-9,22H,10-18H2,1H3,(H,28,32)/t22-,26+/m0/s1. The first kappa shape index (κ1) is 22.8. The lowest BCUT2D eigenvalue weighted by molar-refractivity contribution is -0.128. The van der Waals surface area contributed by atoms with Gasteiger partial charge in [0.2, 0.25) is 11.8 Å². The van der Waals surface area contributed by atoms with Gasteiger partial charge in [-0.25, -0.2) is 4.39 Å². The largest absolute Gasteiger partial charge is 0.492 e. The zero-order valence-electron chi connectivity index (χ0n) is 19.5. The number of benzene rings is 2. The van der Waals surface area contributed by atoms with Crippen LogP contribution >= 0.6 is 0 Å². The van der Waals surface area contributed by atoms with Crippen molar-refractivity contribution >= 4 is 17.5 Å². The van der Waals surface area contributed by atoms with Crippen molar-refractivity contribution in [1.29, 1.82) is 0 Å². The number of rotatable bonds is 8. The number of hydrogen-bond donors (Lipinski definition) is 1. The van der Waals surface area contributed by atoms with E-state index < -0.39 is 5.41 Å². The van der Waals surface area contributed by atoms with E-state index in [1.807, 2.05) is 24.3 Å². The second-order valence-corrected chi connectivity index (χ2v) is 9.60. The number of halogens is 1. The summed E-state index contributed by atoms with van der Waals surface area (Å²) in [4.78, 5) is 32.7. The van der Waals surface area contributed by atoms with E-state index in [1.165, 1.54) is 12.1 Å². The summed E-state index contributed by atoms with van der Waals surface area (Å²) in [6, 6.07) is 13.6. The molecule has 7 nitrogen and oxygen atoms in total. The molecule has 2 fully saturated rings. The lowest BCUT2D eigenvalue weighted by atomic mass is 9.92. The van der Waals surface area contributed by atoms with Gasteiger partial charge < -0.3 is 19.9 Å². The molecular weight excluding hydrogens is 435 g/mol. The number of hydrogen-bond acceptors (Lipinski definition) is 5. The van der Waals surface area contributed by atoms with Gasteiger partial charge >= 0.3 is 0 Å². The second kappa shape index (κ2) is 9.35. The highest BCUT2D eigenvalue weighted by Gasteiger charge is 2.66. The van der Waals surface area contributed by atoms with Gasteiger partial charge in [-0.1, -0.05) is 18.2 Å². The zero-order valence-corrected chi connectivity index (χ0v) is 19.5. The summed E-state index contributed by atoms with van der Waals surface area (Å²) in [6.07, 6.45) is 0.686. The lowest BCUT2D eigenvalue weighted by Gasteiger charge is -2.34. The monoisotopic (exact) mass is 466 g/mol. The number of carbonyl (C=O) groups excluding carboxylic acids is 2. The van der Waals surface area contributed by atoms with Crippen molar-refractivity contribution < 1.29 is 18.7 Å². The molecule has 0 bridgehead atoms. The number of ether oxygens (including phenoxy) is 1. The number of anilines is 1. The van der Waals surface area contributed by atoms with Gasteiger partial charge in [0.1, 0.15) is 24.7 Å². The summed E-state index contributed by atoms with van der Waals surface area (Å²) in [5, 5.41) is 2.99. The number of para-hydroxylation sites is 1. The molecule has 180 valence electrons. The van der Waals surface area contributed by atoms with Crippen molar-refractivity contribution in [2.45, 2.75) is 12.3 Å². The first-order valence-corrected chi connectivity index (χ1v) is 11.9. The van der Waals surface area contributed by atoms with E-state index in [1.54, 1.807) is 17.0 Å². The van der Waals surface area contributed by atoms with Crippen molar-refractivity contribution in [2.75, 3.05) is 64.4 Å². The topological polar surface area (TPSA) is 65.1 Å². The minimum absolute atomic E-state index is 0.0103. The van der Waals surface area contributed by atoms with E-state index in [0.717, 1.165) is 44.0 Å². The third kappa shape index (κ3) is 4.52. The van der Waals surface area contributed by atoms with E-state index in [4.69, 9.17) is 4.74 Å². The Labute approximate surface area is 199 Å². The average molecular weight is 467 g/mol. The highest BCUT2D eigenvalue weighted by Crippen LogP contribution is 2.65. The number of fused-ring (bicyclic) bond motifs is 3. The van der Waals surface area contributed by atoms with Gasteiger partial charge in [0.25, 0.3) is 0 Å². The Morgan fingerprint density at radius 1 is 1.12 bits per heavy atom. The summed E-state index contributed by atoms with van der Waals surface area (Å²) < 4.78 is 19.1. The van der Waals surface area contributed by atoms with Gasteiger partial charge in [-0.05, 0) is 49.4 Å². The highest BCUT2D eigenvalue weighted by atomic mass is 19.1. The molecule has 5 rings (SSSR count). The van der Waals surface area contributed by atoms with Crippen molar-refractivity contribution in [3.63, 3.8) is 0 Å². The van der Waals surface area contributed by atoms with Gasteiger partial charge in [0, 0.05) is 50.9 Å². The molecule has 0 radical (unpaired) electrons. The van der Waals surface area contributed by atoms with Crippen LogP contribution in [0.3, 0.4) is 0 Å². The number of nitrogens with one attached hydrogen (secondary N) is 1. The summed E-state index contributed by atoms with van der Waals surface area (Å²) in [7, 11) is 2.12. The molecule has 2 heterocycles. The quantitative estimate of drug-likeness (QED) is 0.646. The summed E-state index contributed by atoms with van der Waals surface area (Å²) in [6.45, 7) is 5.65. The van der Waals surface area contributed by atoms with Gasteiger partial charge in [-0.15, -0.1) is 0 Å². The second-order valence-electron chi connectivity index (χ2n) is 9.60. The van der Waals surface area contributed by atoms with E-state index >= 15 is 0 Å². The fourth-order valence-electron chi connectivity index (χ4n) is 5.10. The van der Waals surface area contributed by atoms with Crippen molar-refractivity contribution in [3.05, 3.63) is 59.9 Å². The van der Waals surface area contributed by atoms with Crippen LogP contribution < -0.4 is 15.0 Å². The van der Waals surface area contributed by atoms with Crippen LogP contribution in [0, 0.1) is 11.2 Å². The molecular formula is C26H31FN4O3. The fourth-order valence-corrected chi connectivity index (χ4v) is 5.10. The molecule has 34 heavy (non-hydrogen) atoms. The normalized spacial score (nSPS) is 24.4. The Bertz CT molecular complexity index is 1050. The van der Waals surface area contributed by atoms with E-state index in [2.05, 4.69) is 22.2 Å². The van der Waals surface area contributed by atoms with E-state index in [0.29, 0.717) is 18.7 Å². The number of nitrogens with zero attached hydrogens (tertiary/aromatic N) is 3. The first-order valence-electron chi connectivity index (χ1n) is 11.9. The Balaban J connectivity index is 1.23. The number of carbonyl (C=O) groups is 2. The Hall–Kier alpha value is -2.97. The third-order valence-electron chi connectivity index (χ3n) is 7.31. The SMILES string of the molecule is CN1CCN(CCNC(=O)CN2C(=O)[C@@]3(COc4ccc(F)cc4)C[C@H]3c3ccccc32)CC1. The van der Waals surface area contributed by atoms with E-state index in [-0.39, 0.29) is 36.7 Å². The molecule has 0 unspecified atom stereocenters. The molecule has 2 aromatic carbocycles. The maximum atomic E-state index is 13.6. The Morgan fingerprint density at radius 2 is 1.85 bits per heavy atom. The summed E-state index contributed by atoms with van der Waals surface area (Å²) in [5.74, 6) is 0.0373. The smallest absolute Gasteiger partial charge is 0.240 e. The fraction of sp³-hybridized carbons (Fsp3) is 0.462. The van der Waals surface area contributed by atoms with Crippen LogP contribution in [0.5, 0.6) is 5.75 Å². The van der Waals surface area contributed by atoms with Crippen LogP contribution in [0.4, 0.5) is 10.1 Å². The van der Waals surface area contributed by atoms with Gasteiger partial charge in [0.05, 0.1) is 5.41 Å². The van der Waals surface area contributed by atoms with Gasteiger partial charge in [-0.3, -0.25) is 14.5 Å².